The van der Waals surface area contributed by atoms with Gasteiger partial charge in [-0.2, -0.15) is 0 Å². The third-order valence-electron chi connectivity index (χ3n) is 15.1. The minimum atomic E-state index is -0.607. The second-order valence-corrected chi connectivity index (χ2v) is 19.2. The zero-order chi connectivity index (χ0) is 43.1. The van der Waals surface area contributed by atoms with Gasteiger partial charge in [0, 0.05) is 59.9 Å². The van der Waals surface area contributed by atoms with Gasteiger partial charge in [-0.1, -0.05) is 152 Å². The first-order valence-corrected chi connectivity index (χ1v) is 23.8. The maximum atomic E-state index is 7.16. The summed E-state index contributed by atoms with van der Waals surface area (Å²) in [5.41, 5.74) is 17.2. The van der Waals surface area contributed by atoms with Crippen molar-refractivity contribution in [1.82, 2.24) is 0 Å². The first kappa shape index (κ1) is 36.4. The molecule has 2 aliphatic heterocycles. The lowest BCUT2D eigenvalue weighted by molar-refractivity contribution is 0.435. The molecule has 4 heteroatoms. The van der Waals surface area contributed by atoms with E-state index in [2.05, 4.69) is 217 Å². The summed E-state index contributed by atoms with van der Waals surface area (Å²) in [4.78, 5) is 2.47. The van der Waals surface area contributed by atoms with Gasteiger partial charge in [0.2, 0.25) is 0 Å². The molecule has 10 aromatic rings. The molecule has 15 rings (SSSR count). The van der Waals surface area contributed by atoms with E-state index in [-0.39, 0.29) is 0 Å². The molecule has 0 saturated carbocycles. The second kappa shape index (κ2) is 13.3. The summed E-state index contributed by atoms with van der Waals surface area (Å²) < 4.78 is 16.6. The van der Waals surface area contributed by atoms with Gasteiger partial charge in [-0.3, -0.25) is 0 Å². The van der Waals surface area contributed by atoms with Crippen molar-refractivity contribution in [3.8, 4) is 34.1 Å². The lowest BCUT2D eigenvalue weighted by Gasteiger charge is -2.41. The van der Waals surface area contributed by atoms with Crippen LogP contribution in [0.25, 0.3) is 36.9 Å². The Kier molecular flexibility index (Phi) is 7.35. The molecular formula is C62H39NO2S. The fourth-order valence-corrected chi connectivity index (χ4v) is 13.7. The molecule has 3 aliphatic carbocycles. The molecule has 9 aromatic carbocycles. The molecule has 66 heavy (non-hydrogen) atoms. The highest BCUT2D eigenvalue weighted by Crippen LogP contribution is 2.65. The zero-order valence-corrected chi connectivity index (χ0v) is 36.6. The molecule has 0 radical (unpaired) electrons. The van der Waals surface area contributed by atoms with E-state index in [1.165, 1.54) is 75.8 Å². The first-order chi connectivity index (χ1) is 32.7. The van der Waals surface area contributed by atoms with Crippen LogP contribution >= 0.6 is 11.3 Å². The van der Waals surface area contributed by atoms with E-state index < -0.39 is 10.8 Å². The van der Waals surface area contributed by atoms with Crippen molar-refractivity contribution < 1.29 is 9.47 Å². The fourth-order valence-electron chi connectivity index (χ4n) is 12.6. The number of thiophene rings is 1. The third-order valence-corrected chi connectivity index (χ3v) is 16.2. The van der Waals surface area contributed by atoms with Gasteiger partial charge in [0.15, 0.2) is 0 Å². The smallest absolute Gasteiger partial charge is 0.134 e. The minimum Gasteiger partial charge on any atom is -0.457 e. The van der Waals surface area contributed by atoms with Gasteiger partial charge in [0.25, 0.3) is 0 Å². The number of ether oxygens (including phenoxy) is 2. The molecule has 1 unspecified atom stereocenters. The molecule has 0 bridgehead atoms. The molecule has 0 amide bonds. The lowest BCUT2D eigenvalue weighted by atomic mass is 9.65. The third kappa shape index (κ3) is 4.56. The normalized spacial score (nSPS) is 17.3. The van der Waals surface area contributed by atoms with E-state index in [1.54, 1.807) is 0 Å². The van der Waals surface area contributed by atoms with Crippen molar-refractivity contribution in [2.75, 3.05) is 4.90 Å². The molecule has 3 nitrogen and oxygen atoms in total. The van der Waals surface area contributed by atoms with Crippen molar-refractivity contribution in [2.24, 2.45) is 0 Å². The Bertz CT molecular complexity index is 3770. The Morgan fingerprint density at radius 2 is 0.985 bits per heavy atom. The molecule has 1 aromatic heterocycles. The fraction of sp³-hybridized carbons (Fsp3) is 0.0645. The van der Waals surface area contributed by atoms with Gasteiger partial charge in [-0.05, 0) is 112 Å². The van der Waals surface area contributed by atoms with E-state index in [4.69, 9.17) is 9.47 Å². The van der Waals surface area contributed by atoms with Crippen molar-refractivity contribution in [1.29, 1.82) is 0 Å². The number of hydrogen-bond acceptors (Lipinski definition) is 4. The van der Waals surface area contributed by atoms with Gasteiger partial charge < -0.3 is 14.4 Å². The monoisotopic (exact) mass is 861 g/mol. The van der Waals surface area contributed by atoms with Crippen LogP contribution in [0.3, 0.4) is 0 Å². The molecule has 310 valence electrons. The van der Waals surface area contributed by atoms with Gasteiger partial charge in [-0.15, -0.1) is 11.3 Å². The van der Waals surface area contributed by atoms with Crippen molar-refractivity contribution in [3.63, 3.8) is 0 Å². The average Bonchev–Trinajstić information content (AvgIpc) is 4.00. The van der Waals surface area contributed by atoms with Crippen LogP contribution in [0, 0.1) is 0 Å². The Balaban J connectivity index is 1.01. The van der Waals surface area contributed by atoms with Crippen molar-refractivity contribution >= 4 is 54.1 Å². The van der Waals surface area contributed by atoms with Crippen LogP contribution in [-0.4, -0.2) is 0 Å². The number of nitrogens with zero attached hydrogens (tertiary/aromatic N) is 1. The van der Waals surface area contributed by atoms with E-state index in [9.17, 15) is 0 Å². The molecule has 1 atom stereocenters. The summed E-state index contributed by atoms with van der Waals surface area (Å²) in [6, 6.07) is 73.7. The summed E-state index contributed by atoms with van der Waals surface area (Å²) >= 11 is 1.85. The molecule has 0 N–H and O–H groups in total. The Morgan fingerprint density at radius 1 is 0.424 bits per heavy atom. The lowest BCUT2D eigenvalue weighted by Crippen LogP contribution is -2.33. The van der Waals surface area contributed by atoms with Crippen LogP contribution in [-0.2, 0) is 10.8 Å². The molecule has 5 aliphatic rings. The summed E-state index contributed by atoms with van der Waals surface area (Å²) in [5.74, 6) is 3.51. The van der Waals surface area contributed by atoms with Crippen molar-refractivity contribution in [3.05, 3.63) is 262 Å². The number of benzene rings is 9. The number of allylic oxidation sites excluding steroid dienone is 4. The van der Waals surface area contributed by atoms with E-state index in [0.717, 1.165) is 64.0 Å². The van der Waals surface area contributed by atoms with E-state index in [1.807, 2.05) is 11.3 Å². The second-order valence-electron chi connectivity index (χ2n) is 18.1. The van der Waals surface area contributed by atoms with Gasteiger partial charge in [0.1, 0.15) is 23.0 Å². The average molecular weight is 862 g/mol. The number of fused-ring (bicyclic) bond motifs is 20. The number of para-hydroxylation sites is 2. The number of hydrogen-bond donors (Lipinski definition) is 0. The maximum Gasteiger partial charge on any atom is 0.134 e. The zero-order valence-electron chi connectivity index (χ0n) is 35.8. The standard InChI is InChI=1S/C62H39NO2S/c1-6-21-45-40(16-1)41-17-2-7-22-46(41)61(45)49-25-10-13-29-55(49)65-57-37-39(32-34-51(57)61)63(53-27-15-31-59-60(53)44-20-5-14-30-58(44)66-59)38-33-35-56-52(36-38)62(50-26-11-12-28-54(50)64-56)47-23-8-3-18-42(47)43-19-4-9-24-48(43)62/h1,3-16,18-37H,2,17H2. The van der Waals surface area contributed by atoms with Crippen LogP contribution in [0.2, 0.25) is 0 Å². The Morgan fingerprint density at radius 3 is 1.76 bits per heavy atom. The van der Waals surface area contributed by atoms with Gasteiger partial charge in [-0.25, -0.2) is 0 Å². The highest BCUT2D eigenvalue weighted by atomic mass is 32.1. The summed E-state index contributed by atoms with van der Waals surface area (Å²) in [5, 5.41) is 2.48. The topological polar surface area (TPSA) is 21.7 Å². The largest absolute Gasteiger partial charge is 0.457 e. The van der Waals surface area contributed by atoms with Crippen LogP contribution in [0.4, 0.5) is 17.1 Å². The SMILES string of the molecule is C1=CC2=C(CC1)c1ccccc1C21c2ccccc2Oc2cc(N(c3ccc4c(c3)C3(c5ccccc5O4)c4ccccc4-c4ccccc43)c3cccc4sc5ccccc5c34)ccc21. The highest BCUT2D eigenvalue weighted by Gasteiger charge is 2.53. The predicted molar refractivity (Wildman–Crippen MR) is 270 cm³/mol. The molecule has 0 fully saturated rings. The summed E-state index contributed by atoms with van der Waals surface area (Å²) in [6.07, 6.45) is 6.82. The highest BCUT2D eigenvalue weighted by molar-refractivity contribution is 7.26. The molecular weight excluding hydrogens is 823 g/mol. The Labute approximate surface area is 386 Å². The number of anilines is 3. The van der Waals surface area contributed by atoms with Gasteiger partial charge >= 0.3 is 0 Å². The summed E-state index contributed by atoms with van der Waals surface area (Å²) in [7, 11) is 0. The van der Waals surface area contributed by atoms with Gasteiger partial charge in [0.05, 0.1) is 16.5 Å². The van der Waals surface area contributed by atoms with Crippen LogP contribution in [0.15, 0.2) is 218 Å². The van der Waals surface area contributed by atoms with Crippen molar-refractivity contribution in [2.45, 2.75) is 23.7 Å². The summed E-state index contributed by atoms with van der Waals surface area (Å²) in [6.45, 7) is 0. The van der Waals surface area contributed by atoms with Crippen LogP contribution < -0.4 is 14.4 Å². The van der Waals surface area contributed by atoms with E-state index in [0.29, 0.717) is 0 Å². The van der Waals surface area contributed by atoms with Crippen LogP contribution in [0.5, 0.6) is 23.0 Å². The predicted octanol–water partition coefficient (Wildman–Crippen LogP) is 16.6. The molecule has 3 heterocycles. The number of rotatable bonds is 3. The van der Waals surface area contributed by atoms with E-state index >= 15 is 0 Å². The molecule has 0 saturated heterocycles. The minimum absolute atomic E-state index is 0.508. The maximum absolute atomic E-state index is 7.16. The van der Waals surface area contributed by atoms with Crippen LogP contribution in [0.1, 0.15) is 57.3 Å². The molecule has 2 spiro atoms. The quantitative estimate of drug-likeness (QED) is 0.177. The first-order valence-electron chi connectivity index (χ1n) is 23.0. The Hall–Kier alpha value is -7.92.